The van der Waals surface area contributed by atoms with E-state index in [0.29, 0.717) is 0 Å². The molecule has 0 saturated carbocycles. The van der Waals surface area contributed by atoms with Crippen molar-refractivity contribution in [1.29, 1.82) is 0 Å². The van der Waals surface area contributed by atoms with E-state index in [9.17, 15) is 0 Å². The Balaban J connectivity index is 1.48. The standard InChI is InChI=1S/C21H25N7/c1-14-15(2)24-16(3)25-21(14)26-10-6-19-17(13-26)11-18(12-22-19)27-8-4-9-28-20(27)5-7-23-28/h5,7,11-12H,4,6,8-10,13H2,1-3H3. The van der Waals surface area contributed by atoms with E-state index in [-0.39, 0.29) is 0 Å². The van der Waals surface area contributed by atoms with Gasteiger partial charge in [-0.25, -0.2) is 14.6 Å². The van der Waals surface area contributed by atoms with E-state index in [1.807, 2.05) is 19.3 Å². The minimum atomic E-state index is 0.831. The summed E-state index contributed by atoms with van der Waals surface area (Å²) in [7, 11) is 0. The lowest BCUT2D eigenvalue weighted by atomic mass is 10.0. The van der Waals surface area contributed by atoms with Gasteiger partial charge in [-0.15, -0.1) is 0 Å². The molecule has 2 aliphatic heterocycles. The maximum atomic E-state index is 4.81. The van der Waals surface area contributed by atoms with Crippen LogP contribution in [0.2, 0.25) is 0 Å². The molecule has 3 aromatic heterocycles. The molecule has 5 heterocycles. The van der Waals surface area contributed by atoms with Crippen molar-refractivity contribution < 1.29 is 0 Å². The number of anilines is 3. The molecule has 7 heteroatoms. The zero-order valence-corrected chi connectivity index (χ0v) is 16.7. The molecule has 7 nitrogen and oxygen atoms in total. The van der Waals surface area contributed by atoms with Crippen molar-refractivity contribution in [2.75, 3.05) is 22.9 Å². The maximum absolute atomic E-state index is 4.81. The first kappa shape index (κ1) is 17.2. The van der Waals surface area contributed by atoms with E-state index in [1.54, 1.807) is 0 Å². The van der Waals surface area contributed by atoms with Gasteiger partial charge in [-0.1, -0.05) is 0 Å². The maximum Gasteiger partial charge on any atom is 0.135 e. The van der Waals surface area contributed by atoms with Gasteiger partial charge in [-0.2, -0.15) is 5.10 Å². The highest BCUT2D eigenvalue weighted by Crippen LogP contribution is 2.32. The van der Waals surface area contributed by atoms with Gasteiger partial charge in [-0.05, 0) is 38.8 Å². The van der Waals surface area contributed by atoms with Gasteiger partial charge >= 0.3 is 0 Å². The predicted molar refractivity (Wildman–Crippen MR) is 109 cm³/mol. The molecule has 0 radical (unpaired) electrons. The summed E-state index contributed by atoms with van der Waals surface area (Å²) in [6, 6.07) is 4.38. The summed E-state index contributed by atoms with van der Waals surface area (Å²) in [5.74, 6) is 3.04. The van der Waals surface area contributed by atoms with Crippen LogP contribution in [0.3, 0.4) is 0 Å². The van der Waals surface area contributed by atoms with Crippen molar-refractivity contribution in [2.24, 2.45) is 0 Å². The number of nitrogens with zero attached hydrogens (tertiary/aromatic N) is 7. The third kappa shape index (κ3) is 2.82. The molecule has 144 valence electrons. The first-order valence-corrected chi connectivity index (χ1v) is 9.94. The van der Waals surface area contributed by atoms with Gasteiger partial charge in [-0.3, -0.25) is 4.98 Å². The van der Waals surface area contributed by atoms with E-state index in [4.69, 9.17) is 9.97 Å². The Morgan fingerprint density at radius 2 is 1.93 bits per heavy atom. The molecule has 0 aliphatic carbocycles. The predicted octanol–water partition coefficient (Wildman–Crippen LogP) is 3.10. The smallest absolute Gasteiger partial charge is 0.135 e. The van der Waals surface area contributed by atoms with Crippen LogP contribution in [0, 0.1) is 20.8 Å². The second-order valence-corrected chi connectivity index (χ2v) is 7.69. The van der Waals surface area contributed by atoms with E-state index >= 15 is 0 Å². The molecular weight excluding hydrogens is 350 g/mol. The van der Waals surface area contributed by atoms with Gasteiger partial charge < -0.3 is 9.80 Å². The lowest BCUT2D eigenvalue weighted by molar-refractivity contribution is 0.541. The number of rotatable bonds is 2. The molecule has 0 fully saturated rings. The van der Waals surface area contributed by atoms with Crippen LogP contribution in [-0.4, -0.2) is 37.8 Å². The second kappa shape index (κ2) is 6.58. The molecule has 0 atom stereocenters. The van der Waals surface area contributed by atoms with Gasteiger partial charge in [0.2, 0.25) is 0 Å². The third-order valence-electron chi connectivity index (χ3n) is 5.83. The number of aryl methyl sites for hydroxylation is 3. The second-order valence-electron chi connectivity index (χ2n) is 7.69. The lowest BCUT2D eigenvalue weighted by Gasteiger charge is -2.33. The number of pyridine rings is 1. The molecule has 0 saturated heterocycles. The molecule has 5 rings (SSSR count). The van der Waals surface area contributed by atoms with Crippen LogP contribution in [-0.2, 0) is 19.5 Å². The van der Waals surface area contributed by atoms with Crippen LogP contribution in [0.25, 0.3) is 0 Å². The highest BCUT2D eigenvalue weighted by molar-refractivity contribution is 5.62. The molecule has 0 N–H and O–H groups in total. The number of hydrogen-bond acceptors (Lipinski definition) is 6. The molecule has 0 aromatic carbocycles. The molecule has 28 heavy (non-hydrogen) atoms. The highest BCUT2D eigenvalue weighted by atomic mass is 15.4. The number of aromatic nitrogens is 5. The Morgan fingerprint density at radius 1 is 1.04 bits per heavy atom. The van der Waals surface area contributed by atoms with Crippen LogP contribution in [0.15, 0.2) is 24.5 Å². The summed E-state index contributed by atoms with van der Waals surface area (Å²) in [5, 5.41) is 4.43. The van der Waals surface area contributed by atoms with Crippen LogP contribution in [0.4, 0.5) is 17.3 Å². The average molecular weight is 375 g/mol. The van der Waals surface area contributed by atoms with Gasteiger partial charge in [0.15, 0.2) is 0 Å². The quantitative estimate of drug-likeness (QED) is 0.686. The summed E-state index contributed by atoms with van der Waals surface area (Å²) in [6.07, 6.45) is 5.93. The Morgan fingerprint density at radius 3 is 2.82 bits per heavy atom. The molecule has 0 amide bonds. The Labute approximate surface area is 165 Å². The average Bonchev–Trinajstić information content (AvgIpc) is 3.19. The van der Waals surface area contributed by atoms with E-state index < -0.39 is 0 Å². The topological polar surface area (TPSA) is 63.0 Å². The summed E-state index contributed by atoms with van der Waals surface area (Å²) in [5.41, 5.74) is 5.85. The van der Waals surface area contributed by atoms with Crippen LogP contribution < -0.4 is 9.80 Å². The fourth-order valence-electron chi connectivity index (χ4n) is 4.28. The zero-order chi connectivity index (χ0) is 19.3. The van der Waals surface area contributed by atoms with Gasteiger partial charge in [0.1, 0.15) is 17.5 Å². The monoisotopic (exact) mass is 375 g/mol. The van der Waals surface area contributed by atoms with Crippen molar-refractivity contribution in [3.05, 3.63) is 52.9 Å². The zero-order valence-electron chi connectivity index (χ0n) is 16.7. The molecule has 3 aromatic rings. The first-order valence-electron chi connectivity index (χ1n) is 9.94. The van der Waals surface area contributed by atoms with Crippen LogP contribution in [0.1, 0.15) is 34.8 Å². The third-order valence-corrected chi connectivity index (χ3v) is 5.83. The fourth-order valence-corrected chi connectivity index (χ4v) is 4.28. The van der Waals surface area contributed by atoms with Gasteiger partial charge in [0.05, 0.1) is 18.1 Å². The summed E-state index contributed by atoms with van der Waals surface area (Å²) in [6.45, 7) is 9.89. The van der Waals surface area contributed by atoms with Crippen LogP contribution in [0.5, 0.6) is 0 Å². The lowest BCUT2D eigenvalue weighted by Crippen LogP contribution is -2.33. The molecule has 0 unspecified atom stereocenters. The van der Waals surface area contributed by atoms with Gasteiger partial charge in [0, 0.05) is 55.6 Å². The van der Waals surface area contributed by atoms with Crippen molar-refractivity contribution in [3.63, 3.8) is 0 Å². The molecule has 2 aliphatic rings. The molecule has 0 spiro atoms. The van der Waals surface area contributed by atoms with Crippen molar-refractivity contribution in [2.45, 2.75) is 46.7 Å². The fraction of sp³-hybridized carbons (Fsp3) is 0.429. The number of fused-ring (bicyclic) bond motifs is 2. The van der Waals surface area contributed by atoms with Crippen LogP contribution >= 0.6 is 0 Å². The normalized spacial score (nSPS) is 16.1. The Kier molecular flexibility index (Phi) is 4.03. The van der Waals surface area contributed by atoms with Crippen molar-refractivity contribution in [3.8, 4) is 0 Å². The minimum Gasteiger partial charge on any atom is -0.351 e. The summed E-state index contributed by atoms with van der Waals surface area (Å²) < 4.78 is 2.07. The largest absolute Gasteiger partial charge is 0.351 e. The summed E-state index contributed by atoms with van der Waals surface area (Å²) >= 11 is 0. The van der Waals surface area contributed by atoms with E-state index in [1.165, 1.54) is 11.3 Å². The SMILES string of the molecule is Cc1nc(C)c(C)c(N2CCc3ncc(N4CCCn5nccc54)cc3C2)n1. The Hall–Kier alpha value is -2.96. The van der Waals surface area contributed by atoms with Crippen molar-refractivity contribution >= 4 is 17.3 Å². The van der Waals surface area contributed by atoms with Crippen molar-refractivity contribution in [1.82, 2.24) is 24.7 Å². The molecule has 0 bridgehead atoms. The Bertz CT molecular complexity index is 1040. The van der Waals surface area contributed by atoms with E-state index in [0.717, 1.165) is 73.4 Å². The summed E-state index contributed by atoms with van der Waals surface area (Å²) in [4.78, 5) is 18.7. The highest BCUT2D eigenvalue weighted by Gasteiger charge is 2.24. The molecular formula is C21H25N7. The first-order chi connectivity index (χ1) is 13.6. The van der Waals surface area contributed by atoms with E-state index in [2.05, 4.69) is 50.5 Å². The van der Waals surface area contributed by atoms with Gasteiger partial charge in [0.25, 0.3) is 0 Å². The number of hydrogen-bond donors (Lipinski definition) is 0. The minimum absolute atomic E-state index is 0.831.